The van der Waals surface area contributed by atoms with Crippen molar-refractivity contribution in [2.45, 2.75) is 35.1 Å². The number of nitrogens with two attached hydrogens (primary N) is 1. The summed E-state index contributed by atoms with van der Waals surface area (Å²) in [6.45, 7) is 0.269. The Morgan fingerprint density at radius 3 is 2.59 bits per heavy atom. The highest BCUT2D eigenvalue weighted by atomic mass is 32.2. The van der Waals surface area contributed by atoms with Crippen LogP contribution in [0.15, 0.2) is 89.8 Å². The zero-order valence-corrected chi connectivity index (χ0v) is 23.7. The fourth-order valence-corrected chi connectivity index (χ4v) is 7.58. The Morgan fingerprint density at radius 2 is 1.80 bits per heavy atom. The Hall–Kier alpha value is -4.00. The Kier molecular flexibility index (Phi) is 9.12. The number of amides is 3. The van der Waals surface area contributed by atoms with Crippen LogP contribution in [0.1, 0.15) is 34.3 Å². The number of nitrogens with zero attached hydrogens (tertiary/aromatic N) is 1. The first-order chi connectivity index (χ1) is 19.9. The summed E-state index contributed by atoms with van der Waals surface area (Å²) in [5, 5.41) is 1.95. The van der Waals surface area contributed by atoms with Gasteiger partial charge >= 0.3 is 0 Å². The van der Waals surface area contributed by atoms with Crippen molar-refractivity contribution in [2.75, 3.05) is 11.4 Å². The fraction of sp³-hybridized carbons (Fsp3) is 0.219. The van der Waals surface area contributed by atoms with Crippen molar-refractivity contribution in [3.05, 3.63) is 112 Å². The molecule has 9 heteroatoms. The van der Waals surface area contributed by atoms with E-state index >= 15 is 0 Å². The van der Waals surface area contributed by atoms with Crippen LogP contribution in [0.2, 0.25) is 0 Å². The first-order valence-corrected chi connectivity index (χ1v) is 15.0. The van der Waals surface area contributed by atoms with E-state index < -0.39 is 11.2 Å². The molecule has 2 aliphatic heterocycles. The van der Waals surface area contributed by atoms with Gasteiger partial charge in [-0.05, 0) is 54.8 Å². The van der Waals surface area contributed by atoms with Crippen molar-refractivity contribution >= 4 is 46.9 Å². The third-order valence-electron chi connectivity index (χ3n) is 6.76. The third-order valence-corrected chi connectivity index (χ3v) is 9.72. The first kappa shape index (κ1) is 28.5. The normalized spacial score (nSPS) is 19.8. The lowest BCUT2D eigenvalue weighted by Gasteiger charge is -2.28. The number of primary amides is 1. The SMILES string of the molecule is NC(=O)c1cccc(N2C(=O)C(CC(=O)NCCc3ccccc3F)SC2C2CC=C(C#Cc3ccccc3)S2)c1. The average molecular weight is 586 g/mol. The van der Waals surface area contributed by atoms with E-state index in [0.717, 1.165) is 10.5 Å². The molecule has 6 nitrogen and oxygen atoms in total. The molecule has 41 heavy (non-hydrogen) atoms. The number of halogens is 1. The highest BCUT2D eigenvalue weighted by Gasteiger charge is 2.46. The topological polar surface area (TPSA) is 92.5 Å². The highest BCUT2D eigenvalue weighted by Crippen LogP contribution is 2.46. The van der Waals surface area contributed by atoms with E-state index in [0.29, 0.717) is 29.7 Å². The number of carbonyl (C=O) groups excluding carboxylic acids is 3. The van der Waals surface area contributed by atoms with Gasteiger partial charge in [-0.2, -0.15) is 0 Å². The van der Waals surface area contributed by atoms with E-state index in [-0.39, 0.29) is 41.2 Å². The van der Waals surface area contributed by atoms with Gasteiger partial charge in [0.05, 0.1) is 15.5 Å². The van der Waals surface area contributed by atoms with Gasteiger partial charge in [-0.1, -0.05) is 60.4 Å². The van der Waals surface area contributed by atoms with E-state index in [1.54, 1.807) is 59.1 Å². The fourth-order valence-electron chi connectivity index (χ4n) is 4.71. The first-order valence-electron chi connectivity index (χ1n) is 13.2. The average Bonchev–Trinajstić information content (AvgIpc) is 3.58. The van der Waals surface area contributed by atoms with Gasteiger partial charge in [0.2, 0.25) is 17.7 Å². The van der Waals surface area contributed by atoms with Crippen molar-refractivity contribution in [2.24, 2.45) is 5.73 Å². The molecule has 3 unspecified atom stereocenters. The van der Waals surface area contributed by atoms with Gasteiger partial charge in [0.25, 0.3) is 0 Å². The van der Waals surface area contributed by atoms with Crippen LogP contribution in [0.5, 0.6) is 0 Å². The monoisotopic (exact) mass is 585 g/mol. The molecule has 2 aliphatic rings. The summed E-state index contributed by atoms with van der Waals surface area (Å²) < 4.78 is 13.9. The molecule has 0 saturated carbocycles. The number of carbonyl (C=O) groups is 3. The summed E-state index contributed by atoms with van der Waals surface area (Å²) in [5.41, 5.74) is 7.83. The molecular weight excluding hydrogens is 558 g/mol. The minimum atomic E-state index is -0.606. The Morgan fingerprint density at radius 1 is 1.02 bits per heavy atom. The minimum Gasteiger partial charge on any atom is -0.366 e. The van der Waals surface area contributed by atoms with Crippen LogP contribution in [-0.2, 0) is 16.0 Å². The molecule has 0 radical (unpaired) electrons. The van der Waals surface area contributed by atoms with Crippen LogP contribution >= 0.6 is 23.5 Å². The summed E-state index contributed by atoms with van der Waals surface area (Å²) >= 11 is 3.06. The molecule has 0 aromatic heterocycles. The molecule has 3 aromatic rings. The van der Waals surface area contributed by atoms with Crippen LogP contribution < -0.4 is 16.0 Å². The number of rotatable bonds is 8. The highest BCUT2D eigenvalue weighted by molar-refractivity contribution is 8.07. The maximum absolute atomic E-state index is 13.9. The number of benzene rings is 3. The van der Waals surface area contributed by atoms with Crippen molar-refractivity contribution in [3.63, 3.8) is 0 Å². The molecule has 0 spiro atoms. The van der Waals surface area contributed by atoms with Crippen LogP contribution in [0.4, 0.5) is 10.1 Å². The summed E-state index contributed by atoms with van der Waals surface area (Å²) in [4.78, 5) is 41.0. The molecule has 5 rings (SSSR count). The van der Waals surface area contributed by atoms with Crippen molar-refractivity contribution in [3.8, 4) is 11.8 Å². The molecule has 208 valence electrons. The molecule has 1 fully saturated rings. The summed E-state index contributed by atoms with van der Waals surface area (Å²) in [7, 11) is 0. The second-order valence-corrected chi connectivity index (χ2v) is 12.2. The zero-order valence-electron chi connectivity index (χ0n) is 22.1. The number of anilines is 1. The quantitative estimate of drug-likeness (QED) is 0.368. The predicted octanol–water partition coefficient (Wildman–Crippen LogP) is 4.89. The Labute approximate surface area is 246 Å². The van der Waals surface area contributed by atoms with Gasteiger partial charge in [0.1, 0.15) is 5.82 Å². The maximum Gasteiger partial charge on any atom is 0.248 e. The largest absolute Gasteiger partial charge is 0.366 e. The molecule has 3 atom stereocenters. The number of allylic oxidation sites excluding steroid dienone is 2. The van der Waals surface area contributed by atoms with E-state index in [1.165, 1.54) is 17.8 Å². The maximum atomic E-state index is 13.9. The molecular formula is C32H28FN3O3S2. The van der Waals surface area contributed by atoms with Gasteiger partial charge < -0.3 is 11.1 Å². The summed E-state index contributed by atoms with van der Waals surface area (Å²) in [6.07, 6.45) is 3.14. The summed E-state index contributed by atoms with van der Waals surface area (Å²) in [6, 6.07) is 22.9. The van der Waals surface area contributed by atoms with Crippen molar-refractivity contribution in [1.82, 2.24) is 5.32 Å². The third kappa shape index (κ3) is 7.02. The zero-order chi connectivity index (χ0) is 28.8. The molecule has 3 N–H and O–H groups in total. The van der Waals surface area contributed by atoms with E-state index in [1.807, 2.05) is 30.3 Å². The van der Waals surface area contributed by atoms with Gasteiger partial charge in [-0.3, -0.25) is 19.3 Å². The minimum absolute atomic E-state index is 0.00519. The molecule has 2 heterocycles. The molecule has 1 saturated heterocycles. The number of nitrogens with one attached hydrogen (secondary N) is 1. The molecule has 3 aromatic carbocycles. The smallest absolute Gasteiger partial charge is 0.248 e. The molecule has 0 bridgehead atoms. The molecule has 0 aliphatic carbocycles. The van der Waals surface area contributed by atoms with Crippen LogP contribution in [-0.4, -0.2) is 40.1 Å². The van der Waals surface area contributed by atoms with Gasteiger partial charge in [-0.15, -0.1) is 23.5 Å². The second kappa shape index (κ2) is 13.1. The standard InChI is InChI=1S/C32H28FN3O3S2/c33-26-12-5-4-9-22(26)17-18-35-29(37)20-28-31(39)36(24-11-6-10-23(19-24)30(34)38)32(41-28)27-16-15-25(40-27)14-13-21-7-2-1-3-8-21/h1-12,15,19,27-28,32H,16-18,20H2,(H2,34,38)(H,35,37). The lowest BCUT2D eigenvalue weighted by molar-refractivity contribution is -0.124. The van der Waals surface area contributed by atoms with Gasteiger partial charge in [0, 0.05) is 35.0 Å². The van der Waals surface area contributed by atoms with E-state index in [9.17, 15) is 18.8 Å². The lowest BCUT2D eigenvalue weighted by Crippen LogP contribution is -2.40. The Balaban J connectivity index is 1.29. The number of hydrogen-bond donors (Lipinski definition) is 2. The number of thioether (sulfide) groups is 2. The van der Waals surface area contributed by atoms with Gasteiger partial charge in [0.15, 0.2) is 0 Å². The lowest BCUT2D eigenvalue weighted by atomic mass is 10.1. The second-order valence-electron chi connectivity index (χ2n) is 9.61. The van der Waals surface area contributed by atoms with E-state index in [2.05, 4.69) is 23.2 Å². The van der Waals surface area contributed by atoms with Crippen molar-refractivity contribution < 1.29 is 18.8 Å². The number of hydrogen-bond acceptors (Lipinski definition) is 5. The van der Waals surface area contributed by atoms with Crippen LogP contribution in [0.25, 0.3) is 0 Å². The van der Waals surface area contributed by atoms with Gasteiger partial charge in [-0.25, -0.2) is 4.39 Å². The summed E-state index contributed by atoms with van der Waals surface area (Å²) in [5.74, 6) is 5.06. The predicted molar refractivity (Wildman–Crippen MR) is 163 cm³/mol. The van der Waals surface area contributed by atoms with Crippen LogP contribution in [0.3, 0.4) is 0 Å². The van der Waals surface area contributed by atoms with Crippen molar-refractivity contribution in [1.29, 1.82) is 0 Å². The van der Waals surface area contributed by atoms with Crippen LogP contribution in [0, 0.1) is 17.7 Å². The molecule has 3 amide bonds. The Bertz CT molecular complexity index is 1550. The van der Waals surface area contributed by atoms with E-state index in [4.69, 9.17) is 5.73 Å².